The van der Waals surface area contributed by atoms with Crippen LogP contribution in [0.5, 0.6) is 0 Å². The molecule has 0 aliphatic rings. The molecule has 0 saturated heterocycles. The van der Waals surface area contributed by atoms with Crippen LogP contribution >= 0.6 is 11.6 Å². The van der Waals surface area contributed by atoms with Crippen molar-refractivity contribution in [3.63, 3.8) is 0 Å². The summed E-state index contributed by atoms with van der Waals surface area (Å²) in [6.07, 6.45) is 8.52. The minimum Gasteiger partial charge on any atom is -0.313 e. The molecule has 0 aromatic carbocycles. The predicted molar refractivity (Wildman–Crippen MR) is 82.9 cm³/mol. The highest BCUT2D eigenvalue weighted by molar-refractivity contribution is 6.17. The number of halogens is 1. The maximum atomic E-state index is 5.65. The smallest absolute Gasteiger partial charge is 0.0410 e. The summed E-state index contributed by atoms with van der Waals surface area (Å²) >= 11 is 5.65. The van der Waals surface area contributed by atoms with Gasteiger partial charge >= 0.3 is 0 Å². The van der Waals surface area contributed by atoms with E-state index in [2.05, 4.69) is 33.5 Å². The molecule has 1 N–H and O–H groups in total. The fourth-order valence-electron chi connectivity index (χ4n) is 2.02. The molecule has 3 nitrogen and oxygen atoms in total. The van der Waals surface area contributed by atoms with E-state index in [1.165, 1.54) is 11.1 Å². The van der Waals surface area contributed by atoms with Crippen molar-refractivity contribution in [2.24, 2.45) is 0 Å². The third-order valence-corrected chi connectivity index (χ3v) is 3.36. The predicted octanol–water partition coefficient (Wildman–Crippen LogP) is 2.98. The van der Waals surface area contributed by atoms with Crippen molar-refractivity contribution in [3.8, 4) is 0 Å². The monoisotopic (exact) mass is 289 g/mol. The largest absolute Gasteiger partial charge is 0.313 e. The van der Waals surface area contributed by atoms with Crippen molar-refractivity contribution in [2.45, 2.75) is 25.8 Å². The Balaban J connectivity index is 1.83. The maximum Gasteiger partial charge on any atom is 0.0410 e. The Morgan fingerprint density at radius 1 is 1.10 bits per heavy atom. The molecule has 0 spiro atoms. The number of hydrogen-bond acceptors (Lipinski definition) is 3. The Kier molecular flexibility index (Phi) is 6.48. The fraction of sp³-hybridized carbons (Fsp3) is 0.375. The number of rotatable bonds is 8. The molecule has 0 aliphatic heterocycles. The van der Waals surface area contributed by atoms with E-state index in [-0.39, 0.29) is 0 Å². The SMILES string of the molecule is ClCCCNCc1ccnc(CCc2cccnc2)c1. The van der Waals surface area contributed by atoms with Gasteiger partial charge in [-0.25, -0.2) is 0 Å². The lowest BCUT2D eigenvalue weighted by atomic mass is 10.1. The Morgan fingerprint density at radius 2 is 2.05 bits per heavy atom. The minimum absolute atomic E-state index is 0.708. The van der Waals surface area contributed by atoms with Gasteiger partial charge in [-0.1, -0.05) is 6.07 Å². The Labute approximate surface area is 125 Å². The van der Waals surface area contributed by atoms with Gasteiger partial charge in [-0.2, -0.15) is 0 Å². The summed E-state index contributed by atoms with van der Waals surface area (Å²) in [6.45, 7) is 1.83. The van der Waals surface area contributed by atoms with E-state index < -0.39 is 0 Å². The van der Waals surface area contributed by atoms with Crippen LogP contribution in [0.4, 0.5) is 0 Å². The first-order valence-electron chi connectivity index (χ1n) is 6.98. The van der Waals surface area contributed by atoms with Crippen LogP contribution in [0.25, 0.3) is 0 Å². The Hall–Kier alpha value is -1.45. The first-order chi connectivity index (χ1) is 9.88. The lowest BCUT2D eigenvalue weighted by Gasteiger charge is -2.06. The van der Waals surface area contributed by atoms with Gasteiger partial charge in [0.2, 0.25) is 0 Å². The van der Waals surface area contributed by atoms with Gasteiger partial charge in [0, 0.05) is 36.7 Å². The van der Waals surface area contributed by atoms with Crippen LogP contribution in [0, 0.1) is 0 Å². The van der Waals surface area contributed by atoms with Crippen LogP contribution in [0.1, 0.15) is 23.2 Å². The van der Waals surface area contributed by atoms with E-state index >= 15 is 0 Å². The molecule has 20 heavy (non-hydrogen) atoms. The number of pyridine rings is 2. The molecule has 0 radical (unpaired) electrons. The van der Waals surface area contributed by atoms with Crippen LogP contribution in [0.2, 0.25) is 0 Å². The molecular formula is C16H20ClN3. The number of aromatic nitrogens is 2. The minimum atomic E-state index is 0.708. The van der Waals surface area contributed by atoms with E-state index in [9.17, 15) is 0 Å². The molecule has 4 heteroatoms. The molecule has 0 bridgehead atoms. The summed E-state index contributed by atoms with van der Waals surface area (Å²) < 4.78 is 0. The second-order valence-corrected chi connectivity index (χ2v) is 5.11. The zero-order valence-electron chi connectivity index (χ0n) is 11.6. The van der Waals surface area contributed by atoms with Crippen LogP contribution in [-0.4, -0.2) is 22.4 Å². The highest BCUT2D eigenvalue weighted by Crippen LogP contribution is 2.06. The van der Waals surface area contributed by atoms with Crippen molar-refractivity contribution in [2.75, 3.05) is 12.4 Å². The zero-order valence-corrected chi connectivity index (χ0v) is 12.3. The van der Waals surface area contributed by atoms with Crippen LogP contribution in [0.3, 0.4) is 0 Å². The summed E-state index contributed by atoms with van der Waals surface area (Å²) in [5, 5.41) is 3.38. The second kappa shape index (κ2) is 8.67. The van der Waals surface area contributed by atoms with E-state index in [0.717, 1.165) is 38.0 Å². The van der Waals surface area contributed by atoms with Crippen LogP contribution < -0.4 is 5.32 Å². The normalized spacial score (nSPS) is 10.7. The van der Waals surface area contributed by atoms with E-state index in [1.54, 1.807) is 6.20 Å². The molecule has 0 atom stereocenters. The number of hydrogen-bond donors (Lipinski definition) is 1. The molecule has 106 valence electrons. The lowest BCUT2D eigenvalue weighted by molar-refractivity contribution is 0.676. The molecule has 0 aliphatic carbocycles. The first-order valence-corrected chi connectivity index (χ1v) is 7.51. The summed E-state index contributed by atoms with van der Waals surface area (Å²) in [5.41, 5.74) is 3.65. The summed E-state index contributed by atoms with van der Waals surface area (Å²) in [5.74, 6) is 0.708. The molecule has 2 rings (SSSR count). The number of alkyl halides is 1. The standard InChI is InChI=1S/C16H20ClN3/c17-7-2-9-19-13-15-6-10-20-16(11-15)5-4-14-3-1-8-18-12-14/h1,3,6,8,10-12,19H,2,4-5,7,9,13H2. The molecule has 2 aromatic heterocycles. The van der Waals surface area contributed by atoms with Gasteiger partial charge in [-0.05, 0) is 55.1 Å². The molecule has 2 heterocycles. The molecule has 2 aromatic rings. The second-order valence-electron chi connectivity index (χ2n) is 4.74. The van der Waals surface area contributed by atoms with Gasteiger partial charge in [0.15, 0.2) is 0 Å². The van der Waals surface area contributed by atoms with Crippen molar-refractivity contribution in [1.29, 1.82) is 0 Å². The molecule has 0 amide bonds. The highest BCUT2D eigenvalue weighted by Gasteiger charge is 1.99. The van der Waals surface area contributed by atoms with Gasteiger partial charge in [0.05, 0.1) is 0 Å². The Bertz CT molecular complexity index is 502. The number of nitrogens with zero attached hydrogens (tertiary/aromatic N) is 2. The Morgan fingerprint density at radius 3 is 2.85 bits per heavy atom. The summed E-state index contributed by atoms with van der Waals surface area (Å²) in [4.78, 5) is 8.56. The van der Waals surface area contributed by atoms with Gasteiger partial charge in [-0.3, -0.25) is 9.97 Å². The van der Waals surface area contributed by atoms with Gasteiger partial charge < -0.3 is 5.32 Å². The molecular weight excluding hydrogens is 270 g/mol. The fourth-order valence-corrected chi connectivity index (χ4v) is 2.15. The van der Waals surface area contributed by atoms with E-state index in [1.807, 2.05) is 18.5 Å². The third-order valence-electron chi connectivity index (χ3n) is 3.09. The zero-order chi connectivity index (χ0) is 14.0. The average Bonchev–Trinajstić information content (AvgIpc) is 2.51. The van der Waals surface area contributed by atoms with Crippen LogP contribution in [0.15, 0.2) is 42.9 Å². The maximum absolute atomic E-state index is 5.65. The summed E-state index contributed by atoms with van der Waals surface area (Å²) in [7, 11) is 0. The average molecular weight is 290 g/mol. The van der Waals surface area contributed by atoms with E-state index in [0.29, 0.717) is 5.88 Å². The molecule has 0 fully saturated rings. The van der Waals surface area contributed by atoms with E-state index in [4.69, 9.17) is 11.6 Å². The lowest BCUT2D eigenvalue weighted by Crippen LogP contribution is -2.15. The first kappa shape index (κ1) is 14.9. The van der Waals surface area contributed by atoms with Gasteiger partial charge in [0.25, 0.3) is 0 Å². The third kappa shape index (κ3) is 5.27. The van der Waals surface area contributed by atoms with Crippen molar-refractivity contribution in [3.05, 3.63) is 59.7 Å². The molecule has 0 unspecified atom stereocenters. The van der Waals surface area contributed by atoms with Crippen molar-refractivity contribution in [1.82, 2.24) is 15.3 Å². The van der Waals surface area contributed by atoms with Crippen molar-refractivity contribution >= 4 is 11.6 Å². The van der Waals surface area contributed by atoms with Gasteiger partial charge in [0.1, 0.15) is 0 Å². The van der Waals surface area contributed by atoms with Crippen molar-refractivity contribution < 1.29 is 0 Å². The molecule has 0 saturated carbocycles. The number of nitrogens with one attached hydrogen (secondary N) is 1. The topological polar surface area (TPSA) is 37.8 Å². The summed E-state index contributed by atoms with van der Waals surface area (Å²) in [6, 6.07) is 8.30. The number of aryl methyl sites for hydroxylation is 2. The highest BCUT2D eigenvalue weighted by atomic mass is 35.5. The van der Waals surface area contributed by atoms with Crippen LogP contribution in [-0.2, 0) is 19.4 Å². The van der Waals surface area contributed by atoms with Gasteiger partial charge in [-0.15, -0.1) is 11.6 Å². The quantitative estimate of drug-likeness (QED) is 0.600.